The van der Waals surface area contributed by atoms with E-state index in [-0.39, 0.29) is 5.91 Å². The maximum atomic E-state index is 11.3. The van der Waals surface area contributed by atoms with E-state index >= 15 is 0 Å². The molecule has 1 amide bonds. The summed E-state index contributed by atoms with van der Waals surface area (Å²) in [5.74, 6) is -0.187. The summed E-state index contributed by atoms with van der Waals surface area (Å²) in [7, 11) is 3.90. The maximum Gasteiger partial charge on any atom is 0.242 e. The summed E-state index contributed by atoms with van der Waals surface area (Å²) >= 11 is 5.66. The number of halogens is 1. The Morgan fingerprint density at radius 3 is 2.67 bits per heavy atom. The summed E-state index contributed by atoms with van der Waals surface area (Å²) < 4.78 is 0. The molecular weight excluding hydrogens is 212 g/mol. The van der Waals surface area contributed by atoms with E-state index in [4.69, 9.17) is 11.6 Å². The van der Waals surface area contributed by atoms with Gasteiger partial charge in [-0.25, -0.2) is 0 Å². The average Bonchev–Trinajstić information content (AvgIpc) is 2.18. The minimum Gasteiger partial charge on any atom is -0.378 e. The lowest BCUT2D eigenvalue weighted by atomic mass is 10.2. The number of benzene rings is 1. The molecule has 0 saturated carbocycles. The van der Waals surface area contributed by atoms with Crippen LogP contribution < -0.4 is 10.2 Å². The minimum atomic E-state index is -0.520. The molecule has 0 heterocycles. The van der Waals surface area contributed by atoms with Crippen molar-refractivity contribution in [3.05, 3.63) is 24.3 Å². The molecule has 0 aliphatic heterocycles. The molecule has 1 aromatic carbocycles. The largest absolute Gasteiger partial charge is 0.378 e. The fourth-order valence-corrected chi connectivity index (χ4v) is 1.16. The zero-order valence-corrected chi connectivity index (χ0v) is 9.88. The van der Waals surface area contributed by atoms with Crippen molar-refractivity contribution in [2.45, 2.75) is 12.3 Å². The van der Waals surface area contributed by atoms with Gasteiger partial charge in [0.1, 0.15) is 5.38 Å². The van der Waals surface area contributed by atoms with Gasteiger partial charge >= 0.3 is 0 Å². The minimum absolute atomic E-state index is 0.187. The topological polar surface area (TPSA) is 32.3 Å². The first-order chi connectivity index (χ1) is 7.00. The first kappa shape index (κ1) is 11.9. The number of hydrogen-bond donors (Lipinski definition) is 1. The van der Waals surface area contributed by atoms with Gasteiger partial charge in [-0.15, -0.1) is 11.6 Å². The molecule has 0 aromatic heterocycles. The molecule has 1 N–H and O–H groups in total. The summed E-state index contributed by atoms with van der Waals surface area (Å²) in [5, 5.41) is 2.22. The van der Waals surface area contributed by atoms with Crippen molar-refractivity contribution in [3.8, 4) is 0 Å². The van der Waals surface area contributed by atoms with Gasteiger partial charge in [-0.1, -0.05) is 6.07 Å². The van der Waals surface area contributed by atoms with Crippen LogP contribution in [0.1, 0.15) is 6.92 Å². The molecule has 15 heavy (non-hydrogen) atoms. The van der Waals surface area contributed by atoms with Gasteiger partial charge in [-0.3, -0.25) is 4.79 Å². The fourth-order valence-electron chi connectivity index (χ4n) is 1.10. The monoisotopic (exact) mass is 226 g/mol. The van der Waals surface area contributed by atoms with Crippen molar-refractivity contribution < 1.29 is 4.79 Å². The highest BCUT2D eigenvalue weighted by atomic mass is 35.5. The number of hydrogen-bond acceptors (Lipinski definition) is 2. The number of carbonyl (C=O) groups excluding carboxylic acids is 1. The Morgan fingerprint density at radius 1 is 1.47 bits per heavy atom. The zero-order chi connectivity index (χ0) is 11.4. The normalized spacial score (nSPS) is 12.0. The third-order valence-electron chi connectivity index (χ3n) is 1.99. The third-order valence-corrected chi connectivity index (χ3v) is 2.19. The van der Waals surface area contributed by atoms with Gasteiger partial charge in [0.05, 0.1) is 0 Å². The van der Waals surface area contributed by atoms with Crippen LogP contribution in [0.15, 0.2) is 24.3 Å². The highest BCUT2D eigenvalue weighted by molar-refractivity contribution is 6.32. The number of nitrogens with zero attached hydrogens (tertiary/aromatic N) is 1. The molecule has 4 heteroatoms. The average molecular weight is 227 g/mol. The lowest BCUT2D eigenvalue weighted by molar-refractivity contribution is -0.115. The molecule has 1 atom stereocenters. The number of amides is 1. The second-order valence-corrected chi connectivity index (χ2v) is 4.20. The van der Waals surface area contributed by atoms with E-state index in [0.29, 0.717) is 0 Å². The fraction of sp³-hybridized carbons (Fsp3) is 0.364. The quantitative estimate of drug-likeness (QED) is 0.803. The SMILES string of the molecule is CC(Cl)C(=O)Nc1cccc(N(C)C)c1. The molecule has 3 nitrogen and oxygen atoms in total. The molecule has 0 aliphatic carbocycles. The molecule has 82 valence electrons. The van der Waals surface area contributed by atoms with Crippen molar-refractivity contribution in [2.75, 3.05) is 24.3 Å². The summed E-state index contributed by atoms with van der Waals surface area (Å²) in [5.41, 5.74) is 1.80. The first-order valence-corrected chi connectivity index (χ1v) is 5.16. The number of rotatable bonds is 3. The predicted octanol–water partition coefficient (Wildman–Crippen LogP) is 2.32. The Morgan fingerprint density at radius 2 is 2.13 bits per heavy atom. The summed E-state index contributed by atoms with van der Waals surface area (Å²) in [6.07, 6.45) is 0. The van der Waals surface area contributed by atoms with Crippen LogP contribution in [0.3, 0.4) is 0 Å². The van der Waals surface area contributed by atoms with Crippen LogP contribution in [0.2, 0.25) is 0 Å². The highest BCUT2D eigenvalue weighted by Gasteiger charge is 2.09. The molecule has 1 unspecified atom stereocenters. The highest BCUT2D eigenvalue weighted by Crippen LogP contribution is 2.17. The van der Waals surface area contributed by atoms with E-state index in [1.807, 2.05) is 43.3 Å². The number of anilines is 2. The lowest BCUT2D eigenvalue weighted by Crippen LogP contribution is -2.20. The van der Waals surface area contributed by atoms with E-state index in [0.717, 1.165) is 11.4 Å². The van der Waals surface area contributed by atoms with Gasteiger partial charge in [-0.2, -0.15) is 0 Å². The van der Waals surface area contributed by atoms with Crippen LogP contribution in [0.4, 0.5) is 11.4 Å². The van der Waals surface area contributed by atoms with E-state index in [1.165, 1.54) is 0 Å². The molecule has 0 aliphatic rings. The standard InChI is InChI=1S/C11H15ClN2O/c1-8(12)11(15)13-9-5-4-6-10(7-9)14(2)3/h4-8H,1-3H3,(H,13,15). The van der Waals surface area contributed by atoms with Gasteiger partial charge in [0, 0.05) is 25.5 Å². The van der Waals surface area contributed by atoms with E-state index < -0.39 is 5.38 Å². The number of carbonyl (C=O) groups is 1. The van der Waals surface area contributed by atoms with E-state index in [1.54, 1.807) is 6.92 Å². The Kier molecular flexibility index (Phi) is 3.97. The summed E-state index contributed by atoms with van der Waals surface area (Å²) in [6.45, 7) is 1.65. The van der Waals surface area contributed by atoms with Crippen LogP contribution in [0, 0.1) is 0 Å². The Hall–Kier alpha value is -1.22. The van der Waals surface area contributed by atoms with Crippen molar-refractivity contribution in [2.24, 2.45) is 0 Å². The summed E-state index contributed by atoms with van der Waals surface area (Å²) in [4.78, 5) is 13.3. The second kappa shape index (κ2) is 5.03. The molecule has 0 saturated heterocycles. The van der Waals surface area contributed by atoms with Crippen LogP contribution >= 0.6 is 11.6 Å². The first-order valence-electron chi connectivity index (χ1n) is 4.73. The van der Waals surface area contributed by atoms with Crippen molar-refractivity contribution in [1.29, 1.82) is 0 Å². The predicted molar refractivity (Wildman–Crippen MR) is 64.7 cm³/mol. The van der Waals surface area contributed by atoms with Crippen molar-refractivity contribution >= 4 is 28.9 Å². The zero-order valence-electron chi connectivity index (χ0n) is 9.12. The Labute approximate surface area is 95.0 Å². The number of nitrogens with one attached hydrogen (secondary N) is 1. The Balaban J connectivity index is 2.78. The molecule has 1 rings (SSSR count). The van der Waals surface area contributed by atoms with Gasteiger partial charge in [0.15, 0.2) is 0 Å². The lowest BCUT2D eigenvalue weighted by Gasteiger charge is -2.14. The molecule has 0 fully saturated rings. The second-order valence-electron chi connectivity index (χ2n) is 3.55. The number of alkyl halides is 1. The van der Waals surface area contributed by atoms with E-state index in [9.17, 15) is 4.79 Å². The molecule has 1 aromatic rings. The van der Waals surface area contributed by atoms with Crippen LogP contribution in [0.25, 0.3) is 0 Å². The smallest absolute Gasteiger partial charge is 0.242 e. The Bertz CT molecular complexity index is 350. The van der Waals surface area contributed by atoms with Gasteiger partial charge < -0.3 is 10.2 Å². The van der Waals surface area contributed by atoms with Crippen molar-refractivity contribution in [1.82, 2.24) is 0 Å². The van der Waals surface area contributed by atoms with Crippen LogP contribution in [-0.4, -0.2) is 25.4 Å². The van der Waals surface area contributed by atoms with Gasteiger partial charge in [0.2, 0.25) is 5.91 Å². The van der Waals surface area contributed by atoms with Crippen molar-refractivity contribution in [3.63, 3.8) is 0 Å². The van der Waals surface area contributed by atoms with E-state index in [2.05, 4.69) is 5.32 Å². The van der Waals surface area contributed by atoms with Crippen LogP contribution in [0.5, 0.6) is 0 Å². The van der Waals surface area contributed by atoms with Gasteiger partial charge in [-0.05, 0) is 25.1 Å². The summed E-state index contributed by atoms with van der Waals surface area (Å²) in [6, 6.07) is 7.60. The molecular formula is C11H15ClN2O. The third kappa shape index (κ3) is 3.44. The molecule has 0 bridgehead atoms. The molecule has 0 spiro atoms. The van der Waals surface area contributed by atoms with Crippen LogP contribution in [-0.2, 0) is 4.79 Å². The maximum absolute atomic E-state index is 11.3. The molecule has 0 radical (unpaired) electrons. The van der Waals surface area contributed by atoms with Gasteiger partial charge in [0.25, 0.3) is 0 Å².